The third-order valence-corrected chi connectivity index (χ3v) is 12.8. The lowest BCUT2D eigenvalue weighted by Crippen LogP contribution is -2.30. The summed E-state index contributed by atoms with van der Waals surface area (Å²) in [4.78, 5) is 37.9. The largest absolute Gasteiger partial charge is 0.462 e. The average Bonchev–Trinajstić information content (AvgIpc) is 3.43. The summed E-state index contributed by atoms with van der Waals surface area (Å²) in [6.45, 7) is 6.31. The van der Waals surface area contributed by atoms with Crippen LogP contribution in [0.1, 0.15) is 265 Å². The van der Waals surface area contributed by atoms with Gasteiger partial charge in [-0.1, -0.05) is 269 Å². The van der Waals surface area contributed by atoms with Crippen molar-refractivity contribution in [2.45, 2.75) is 271 Å². The van der Waals surface area contributed by atoms with Crippen molar-refractivity contribution in [3.05, 3.63) is 146 Å². The molecular formula is C71H114O6. The number of hydrogen-bond donors (Lipinski definition) is 0. The van der Waals surface area contributed by atoms with Crippen molar-refractivity contribution < 1.29 is 28.6 Å². The van der Waals surface area contributed by atoms with Gasteiger partial charge in [-0.15, -0.1) is 0 Å². The van der Waals surface area contributed by atoms with E-state index in [0.717, 1.165) is 161 Å². The third kappa shape index (κ3) is 62.0. The molecule has 0 bridgehead atoms. The fraction of sp³-hybridized carbons (Fsp3) is 0.620. The number of rotatable bonds is 55. The Labute approximate surface area is 474 Å². The zero-order valence-corrected chi connectivity index (χ0v) is 49.7. The normalized spacial score (nSPS) is 13.1. The smallest absolute Gasteiger partial charge is 0.306 e. The molecule has 0 saturated heterocycles. The monoisotopic (exact) mass is 1060 g/mol. The van der Waals surface area contributed by atoms with Gasteiger partial charge in [-0.25, -0.2) is 0 Å². The Hall–Kier alpha value is -4.71. The standard InChI is InChI=1S/C71H114O6/c1-4-7-10-13-15-17-19-21-23-25-27-29-31-32-33-34-35-36-37-38-40-41-43-45-47-49-51-53-55-58-61-64-70(73)76-67-68(66-75-69(72)63-60-57-12-9-6-3)77-71(74)65-62-59-56-54-52-50-48-46-44-42-39-30-28-26-24-22-20-18-16-14-11-8-5-2/h7-8,10-11,15-18,21-24,27-30,32-33,35-36,38,40,43,45,68H,4-6,9,12-14,19-20,25-26,31,34,37,39,41-42,44,46-67H2,1-3H3/b10-7-,11-8-,17-15-,18-16-,23-21-,24-22-,29-27-,30-28-,33-32-,36-35-,40-38-,45-43-. The minimum Gasteiger partial charge on any atom is -0.462 e. The van der Waals surface area contributed by atoms with Crippen LogP contribution in [0.15, 0.2) is 146 Å². The van der Waals surface area contributed by atoms with Crippen molar-refractivity contribution in [1.82, 2.24) is 0 Å². The Balaban J connectivity index is 4.13. The Morgan fingerprint density at radius 2 is 0.506 bits per heavy atom. The summed E-state index contributed by atoms with van der Waals surface area (Å²) in [7, 11) is 0. The Morgan fingerprint density at radius 1 is 0.273 bits per heavy atom. The van der Waals surface area contributed by atoms with Crippen LogP contribution in [0.4, 0.5) is 0 Å². The van der Waals surface area contributed by atoms with Crippen LogP contribution < -0.4 is 0 Å². The first kappa shape index (κ1) is 72.3. The van der Waals surface area contributed by atoms with E-state index in [0.29, 0.717) is 19.3 Å². The van der Waals surface area contributed by atoms with E-state index in [2.05, 4.69) is 167 Å². The van der Waals surface area contributed by atoms with Crippen LogP contribution in [-0.4, -0.2) is 37.2 Å². The topological polar surface area (TPSA) is 78.9 Å². The molecule has 0 N–H and O–H groups in total. The fourth-order valence-electron chi connectivity index (χ4n) is 8.21. The second kappa shape index (κ2) is 63.8. The number of allylic oxidation sites excluding steroid dienone is 24. The molecule has 0 aliphatic heterocycles. The summed E-state index contributed by atoms with van der Waals surface area (Å²) in [5.74, 6) is -0.925. The first-order valence-corrected chi connectivity index (χ1v) is 31.3. The van der Waals surface area contributed by atoms with Gasteiger partial charge in [0.05, 0.1) is 0 Å². The maximum absolute atomic E-state index is 12.8. The van der Waals surface area contributed by atoms with Crippen molar-refractivity contribution in [1.29, 1.82) is 0 Å². The van der Waals surface area contributed by atoms with E-state index in [-0.39, 0.29) is 31.1 Å². The van der Waals surface area contributed by atoms with Gasteiger partial charge in [0.1, 0.15) is 13.2 Å². The maximum atomic E-state index is 12.8. The molecule has 6 heteroatoms. The first-order valence-electron chi connectivity index (χ1n) is 31.3. The number of ether oxygens (including phenoxy) is 3. The molecule has 0 aromatic heterocycles. The number of carbonyl (C=O) groups is 3. The van der Waals surface area contributed by atoms with Crippen molar-refractivity contribution in [2.24, 2.45) is 0 Å². The van der Waals surface area contributed by atoms with Crippen LogP contribution in [0.3, 0.4) is 0 Å². The Bertz CT molecular complexity index is 1700. The van der Waals surface area contributed by atoms with Crippen LogP contribution in [-0.2, 0) is 28.6 Å². The summed E-state index contributed by atoms with van der Waals surface area (Å²) in [5.41, 5.74) is 0. The minimum absolute atomic E-state index is 0.0891. The lowest BCUT2D eigenvalue weighted by molar-refractivity contribution is -0.167. The number of carbonyl (C=O) groups excluding carboxylic acids is 3. The molecule has 0 aliphatic carbocycles. The summed E-state index contributed by atoms with van der Waals surface area (Å²) in [6.07, 6.45) is 91.8. The third-order valence-electron chi connectivity index (χ3n) is 12.8. The molecule has 6 nitrogen and oxygen atoms in total. The van der Waals surface area contributed by atoms with Gasteiger partial charge < -0.3 is 14.2 Å². The van der Waals surface area contributed by atoms with Crippen molar-refractivity contribution in [2.75, 3.05) is 13.2 Å². The highest BCUT2D eigenvalue weighted by Gasteiger charge is 2.19. The molecule has 434 valence electrons. The van der Waals surface area contributed by atoms with E-state index < -0.39 is 6.10 Å². The van der Waals surface area contributed by atoms with Crippen LogP contribution in [0.25, 0.3) is 0 Å². The van der Waals surface area contributed by atoms with E-state index in [1.807, 2.05) is 0 Å². The van der Waals surface area contributed by atoms with E-state index >= 15 is 0 Å². The van der Waals surface area contributed by atoms with Crippen LogP contribution >= 0.6 is 0 Å². The molecule has 0 saturated carbocycles. The van der Waals surface area contributed by atoms with Gasteiger partial charge in [0, 0.05) is 19.3 Å². The lowest BCUT2D eigenvalue weighted by atomic mass is 10.0. The van der Waals surface area contributed by atoms with Gasteiger partial charge in [-0.3, -0.25) is 14.4 Å². The molecule has 0 spiro atoms. The summed E-state index contributed by atoms with van der Waals surface area (Å²) in [5, 5.41) is 0. The highest BCUT2D eigenvalue weighted by molar-refractivity contribution is 5.71. The quantitative estimate of drug-likeness (QED) is 0.0261. The van der Waals surface area contributed by atoms with E-state index in [1.54, 1.807) is 0 Å². The Kier molecular flexibility index (Phi) is 59.9. The molecule has 1 atom stereocenters. The van der Waals surface area contributed by atoms with Crippen molar-refractivity contribution in [3.8, 4) is 0 Å². The predicted octanol–water partition coefficient (Wildman–Crippen LogP) is 21.5. The van der Waals surface area contributed by atoms with E-state index in [1.165, 1.54) is 64.2 Å². The molecule has 0 aromatic rings. The van der Waals surface area contributed by atoms with Crippen LogP contribution in [0.2, 0.25) is 0 Å². The summed E-state index contributed by atoms with van der Waals surface area (Å²) in [6, 6.07) is 0. The molecule has 0 radical (unpaired) electrons. The second-order valence-corrected chi connectivity index (χ2v) is 20.2. The Morgan fingerprint density at radius 3 is 0.792 bits per heavy atom. The van der Waals surface area contributed by atoms with E-state index in [9.17, 15) is 14.4 Å². The zero-order chi connectivity index (χ0) is 55.7. The van der Waals surface area contributed by atoms with E-state index in [4.69, 9.17) is 14.2 Å². The van der Waals surface area contributed by atoms with Gasteiger partial charge in [-0.05, 0) is 122 Å². The minimum atomic E-state index is -0.789. The van der Waals surface area contributed by atoms with Crippen molar-refractivity contribution >= 4 is 17.9 Å². The fourth-order valence-corrected chi connectivity index (χ4v) is 8.21. The number of esters is 3. The first-order chi connectivity index (χ1) is 38.0. The molecule has 0 aromatic carbocycles. The molecule has 0 rings (SSSR count). The lowest BCUT2D eigenvalue weighted by Gasteiger charge is -2.18. The van der Waals surface area contributed by atoms with Gasteiger partial charge >= 0.3 is 17.9 Å². The maximum Gasteiger partial charge on any atom is 0.306 e. The van der Waals surface area contributed by atoms with Gasteiger partial charge in [0.25, 0.3) is 0 Å². The van der Waals surface area contributed by atoms with Crippen LogP contribution in [0.5, 0.6) is 0 Å². The van der Waals surface area contributed by atoms with Crippen molar-refractivity contribution in [3.63, 3.8) is 0 Å². The molecule has 0 aliphatic rings. The highest BCUT2D eigenvalue weighted by atomic mass is 16.6. The average molecular weight is 1060 g/mol. The zero-order valence-electron chi connectivity index (χ0n) is 49.7. The molecule has 0 heterocycles. The molecule has 77 heavy (non-hydrogen) atoms. The van der Waals surface area contributed by atoms with Gasteiger partial charge in [-0.2, -0.15) is 0 Å². The molecule has 1 unspecified atom stereocenters. The number of unbranched alkanes of at least 4 members (excludes halogenated alkanes) is 20. The molecule has 0 fully saturated rings. The SMILES string of the molecule is CC/C=C\C/C=C\C/C=C\C/C=C\C/C=C\C/C=C\C/C=C\C/C=C\CCCCCCCCC(=O)OCC(COC(=O)CCCCCCC)OC(=O)CCCCCCCCCCCC/C=C\C/C=C\C/C=C\C/C=C\CC. The number of hydrogen-bond acceptors (Lipinski definition) is 6. The second-order valence-electron chi connectivity index (χ2n) is 20.2. The summed E-state index contributed by atoms with van der Waals surface area (Å²) < 4.78 is 16.7. The summed E-state index contributed by atoms with van der Waals surface area (Å²) >= 11 is 0. The molecule has 0 amide bonds. The molecular weight excluding hydrogens is 949 g/mol. The highest BCUT2D eigenvalue weighted by Crippen LogP contribution is 2.15. The van der Waals surface area contributed by atoms with Gasteiger partial charge in [0.15, 0.2) is 6.10 Å². The van der Waals surface area contributed by atoms with Gasteiger partial charge in [0.2, 0.25) is 0 Å². The predicted molar refractivity (Wildman–Crippen MR) is 334 cm³/mol. The van der Waals surface area contributed by atoms with Crippen LogP contribution in [0, 0.1) is 0 Å².